The first-order valence-corrected chi connectivity index (χ1v) is 5.94. The lowest BCUT2D eigenvalue weighted by Gasteiger charge is -2.37. The number of hydrogen-bond acceptors (Lipinski definition) is 3. The summed E-state index contributed by atoms with van der Waals surface area (Å²) < 4.78 is 0. The first kappa shape index (κ1) is 10.9. The Morgan fingerprint density at radius 1 is 1.13 bits per heavy atom. The van der Waals surface area contributed by atoms with Crippen molar-refractivity contribution in [3.63, 3.8) is 0 Å². The summed E-state index contributed by atoms with van der Waals surface area (Å²) in [4.78, 5) is 15.5. The largest absolute Gasteiger partial charge is 0.387 e. The molecule has 1 aliphatic carbocycles. The summed E-state index contributed by atoms with van der Waals surface area (Å²) >= 11 is 0. The Hall–Kier alpha value is -0.610. The molecule has 4 nitrogen and oxygen atoms in total. The van der Waals surface area contributed by atoms with E-state index >= 15 is 0 Å². The highest BCUT2D eigenvalue weighted by Gasteiger charge is 2.27. The van der Waals surface area contributed by atoms with Crippen molar-refractivity contribution >= 4 is 5.91 Å². The fourth-order valence-electron chi connectivity index (χ4n) is 2.71. The van der Waals surface area contributed by atoms with Crippen LogP contribution < -0.4 is 0 Å². The molecule has 2 rings (SSSR count). The zero-order valence-electron chi connectivity index (χ0n) is 9.19. The molecule has 2 fully saturated rings. The van der Waals surface area contributed by atoms with E-state index in [1.54, 1.807) is 4.90 Å². The molecule has 0 aromatic rings. The Labute approximate surface area is 90.9 Å². The molecule has 0 aromatic heterocycles. The fraction of sp³-hybridized carbons (Fsp3) is 0.909. The van der Waals surface area contributed by atoms with Crippen molar-refractivity contribution in [3.8, 4) is 0 Å². The lowest BCUT2D eigenvalue weighted by atomic mass is 10.2. The van der Waals surface area contributed by atoms with Gasteiger partial charge in [-0.25, -0.2) is 0 Å². The third kappa shape index (κ3) is 2.49. The van der Waals surface area contributed by atoms with E-state index in [4.69, 9.17) is 5.11 Å². The molecule has 1 aliphatic heterocycles. The Morgan fingerprint density at radius 3 is 2.27 bits per heavy atom. The number of hydrogen-bond donors (Lipinski definition) is 1. The molecule has 4 heteroatoms. The fourth-order valence-corrected chi connectivity index (χ4v) is 2.71. The molecule has 0 radical (unpaired) electrons. The van der Waals surface area contributed by atoms with Crippen LogP contribution in [-0.4, -0.2) is 59.6 Å². The minimum absolute atomic E-state index is 0.124. The zero-order valence-corrected chi connectivity index (χ0v) is 9.19. The normalized spacial score (nSPS) is 24.7. The summed E-state index contributed by atoms with van der Waals surface area (Å²) in [7, 11) is 0. The number of aliphatic hydroxyl groups is 1. The van der Waals surface area contributed by atoms with Gasteiger partial charge in [-0.15, -0.1) is 0 Å². The SMILES string of the molecule is O=C(CO)N1CCN(C2CCCC2)CC1. The molecule has 0 spiro atoms. The third-order valence-corrected chi connectivity index (χ3v) is 3.64. The quantitative estimate of drug-likeness (QED) is 0.704. The van der Waals surface area contributed by atoms with Gasteiger partial charge in [-0.3, -0.25) is 9.69 Å². The standard InChI is InChI=1S/C11H20N2O2/c14-9-11(15)13-7-5-12(6-8-13)10-3-1-2-4-10/h10,14H,1-9H2. The summed E-state index contributed by atoms with van der Waals surface area (Å²) in [5.41, 5.74) is 0. The van der Waals surface area contributed by atoms with Gasteiger partial charge in [0, 0.05) is 32.2 Å². The van der Waals surface area contributed by atoms with E-state index in [1.165, 1.54) is 25.7 Å². The average Bonchev–Trinajstić information content (AvgIpc) is 2.82. The molecular weight excluding hydrogens is 192 g/mol. The maximum absolute atomic E-state index is 11.3. The van der Waals surface area contributed by atoms with E-state index in [9.17, 15) is 4.79 Å². The second-order valence-corrected chi connectivity index (χ2v) is 4.51. The molecule has 0 aromatic carbocycles. The molecule has 15 heavy (non-hydrogen) atoms. The van der Waals surface area contributed by atoms with Crippen LogP contribution in [0.1, 0.15) is 25.7 Å². The lowest BCUT2D eigenvalue weighted by Crippen LogP contribution is -2.52. The highest BCUT2D eigenvalue weighted by atomic mass is 16.3. The van der Waals surface area contributed by atoms with Crippen molar-refractivity contribution in [3.05, 3.63) is 0 Å². The Bertz CT molecular complexity index is 219. The molecule has 0 atom stereocenters. The Kier molecular flexibility index (Phi) is 3.59. The number of carbonyl (C=O) groups is 1. The smallest absolute Gasteiger partial charge is 0.248 e. The summed E-state index contributed by atoms with van der Waals surface area (Å²) in [6, 6.07) is 0.761. The number of carbonyl (C=O) groups excluding carboxylic acids is 1. The molecule has 1 saturated heterocycles. The van der Waals surface area contributed by atoms with E-state index in [0.717, 1.165) is 32.2 Å². The Morgan fingerprint density at radius 2 is 1.73 bits per heavy atom. The minimum Gasteiger partial charge on any atom is -0.387 e. The van der Waals surface area contributed by atoms with Crippen LogP contribution in [0.15, 0.2) is 0 Å². The number of aliphatic hydroxyl groups excluding tert-OH is 1. The van der Waals surface area contributed by atoms with Crippen molar-refractivity contribution in [2.45, 2.75) is 31.7 Å². The van der Waals surface area contributed by atoms with E-state index in [0.29, 0.717) is 0 Å². The summed E-state index contributed by atoms with van der Waals surface area (Å²) in [5, 5.41) is 8.76. The average molecular weight is 212 g/mol. The van der Waals surface area contributed by atoms with Gasteiger partial charge in [0.1, 0.15) is 6.61 Å². The van der Waals surface area contributed by atoms with Gasteiger partial charge in [-0.1, -0.05) is 12.8 Å². The van der Waals surface area contributed by atoms with E-state index in [2.05, 4.69) is 4.90 Å². The summed E-state index contributed by atoms with van der Waals surface area (Å²) in [6.45, 7) is 3.20. The third-order valence-electron chi connectivity index (χ3n) is 3.64. The monoisotopic (exact) mass is 212 g/mol. The van der Waals surface area contributed by atoms with Crippen molar-refractivity contribution in [1.82, 2.24) is 9.80 Å². The van der Waals surface area contributed by atoms with Gasteiger partial charge in [-0.05, 0) is 12.8 Å². The van der Waals surface area contributed by atoms with Crippen LogP contribution in [0.2, 0.25) is 0 Å². The molecular formula is C11H20N2O2. The molecule has 2 aliphatic rings. The van der Waals surface area contributed by atoms with Gasteiger partial charge in [0.05, 0.1) is 0 Å². The van der Waals surface area contributed by atoms with Gasteiger partial charge < -0.3 is 10.0 Å². The van der Waals surface area contributed by atoms with Crippen LogP contribution >= 0.6 is 0 Å². The van der Waals surface area contributed by atoms with Crippen molar-refractivity contribution in [1.29, 1.82) is 0 Å². The predicted octanol–water partition coefficient (Wildman–Crippen LogP) is 0.0655. The van der Waals surface area contributed by atoms with Crippen LogP contribution in [0.4, 0.5) is 0 Å². The van der Waals surface area contributed by atoms with Crippen LogP contribution in [0.25, 0.3) is 0 Å². The van der Waals surface area contributed by atoms with Crippen LogP contribution in [0.5, 0.6) is 0 Å². The maximum atomic E-state index is 11.3. The van der Waals surface area contributed by atoms with Crippen LogP contribution in [0, 0.1) is 0 Å². The molecule has 1 N–H and O–H groups in total. The topological polar surface area (TPSA) is 43.8 Å². The first-order chi connectivity index (χ1) is 7.31. The number of piperazine rings is 1. The van der Waals surface area contributed by atoms with Crippen molar-refractivity contribution < 1.29 is 9.90 Å². The molecule has 1 amide bonds. The molecule has 1 saturated carbocycles. The molecule has 0 bridgehead atoms. The minimum atomic E-state index is -0.344. The number of amides is 1. The Balaban J connectivity index is 1.78. The van der Waals surface area contributed by atoms with Gasteiger partial charge in [0.25, 0.3) is 0 Å². The summed E-state index contributed by atoms with van der Waals surface area (Å²) in [6.07, 6.45) is 5.38. The summed E-state index contributed by atoms with van der Waals surface area (Å²) in [5.74, 6) is -0.124. The molecule has 1 heterocycles. The van der Waals surface area contributed by atoms with E-state index in [-0.39, 0.29) is 12.5 Å². The predicted molar refractivity (Wildman–Crippen MR) is 57.5 cm³/mol. The molecule has 86 valence electrons. The lowest BCUT2D eigenvalue weighted by molar-refractivity contribution is -0.136. The second kappa shape index (κ2) is 4.94. The second-order valence-electron chi connectivity index (χ2n) is 4.51. The molecule has 0 unspecified atom stereocenters. The van der Waals surface area contributed by atoms with Crippen molar-refractivity contribution in [2.24, 2.45) is 0 Å². The number of rotatable bonds is 2. The highest BCUT2D eigenvalue weighted by Crippen LogP contribution is 2.24. The van der Waals surface area contributed by atoms with E-state index in [1.807, 2.05) is 0 Å². The van der Waals surface area contributed by atoms with E-state index < -0.39 is 0 Å². The maximum Gasteiger partial charge on any atom is 0.248 e. The van der Waals surface area contributed by atoms with Crippen molar-refractivity contribution in [2.75, 3.05) is 32.8 Å². The van der Waals surface area contributed by atoms with Gasteiger partial charge in [0.2, 0.25) is 5.91 Å². The van der Waals surface area contributed by atoms with Gasteiger partial charge in [0.15, 0.2) is 0 Å². The van der Waals surface area contributed by atoms with Crippen LogP contribution in [0.3, 0.4) is 0 Å². The highest BCUT2D eigenvalue weighted by molar-refractivity contribution is 5.77. The van der Waals surface area contributed by atoms with Gasteiger partial charge in [-0.2, -0.15) is 0 Å². The first-order valence-electron chi connectivity index (χ1n) is 5.94. The van der Waals surface area contributed by atoms with Gasteiger partial charge >= 0.3 is 0 Å². The van der Waals surface area contributed by atoms with Crippen LogP contribution in [-0.2, 0) is 4.79 Å². The number of nitrogens with zero attached hydrogens (tertiary/aromatic N) is 2. The zero-order chi connectivity index (χ0) is 10.7.